The number of nitrogens with two attached hydrogens (primary N) is 1. The number of ether oxygens (including phenoxy) is 2. The number of aryl methyl sites for hydroxylation is 1. The summed E-state index contributed by atoms with van der Waals surface area (Å²) in [6.45, 7) is 3.20. The molecule has 0 amide bonds. The van der Waals surface area contributed by atoms with Crippen molar-refractivity contribution in [3.8, 4) is 0 Å². The summed E-state index contributed by atoms with van der Waals surface area (Å²) < 4.78 is 9.93. The van der Waals surface area contributed by atoms with Gasteiger partial charge in [-0.3, -0.25) is 19.8 Å². The van der Waals surface area contributed by atoms with Crippen molar-refractivity contribution in [2.75, 3.05) is 13.2 Å². The maximum absolute atomic E-state index is 12.5. The summed E-state index contributed by atoms with van der Waals surface area (Å²) in [5.41, 5.74) is 4.80. The van der Waals surface area contributed by atoms with Gasteiger partial charge in [0.05, 0.1) is 19.6 Å². The normalized spacial score (nSPS) is 10.4. The Morgan fingerprint density at radius 3 is 1.93 bits per heavy atom. The van der Waals surface area contributed by atoms with E-state index in [1.807, 2.05) is 0 Å². The molecular weight excluding hydrogens is 376 g/mol. The molecule has 4 N–H and O–H groups in total. The van der Waals surface area contributed by atoms with Crippen molar-refractivity contribution >= 4 is 36.2 Å². The van der Waals surface area contributed by atoms with Crippen LogP contribution < -0.4 is 5.73 Å². The van der Waals surface area contributed by atoms with Crippen molar-refractivity contribution in [3.63, 3.8) is 0 Å². The molecule has 1 rings (SSSR count). The highest BCUT2D eigenvalue weighted by atomic mass is 35.5. The van der Waals surface area contributed by atoms with E-state index in [4.69, 9.17) is 20.6 Å². The highest BCUT2D eigenvalue weighted by Crippen LogP contribution is 2.32. The van der Waals surface area contributed by atoms with Crippen LogP contribution in [0.15, 0.2) is 24.3 Å². The molecule has 0 aliphatic rings. The molecule has 0 saturated carbocycles. The Kier molecular flexibility index (Phi) is 10.1. The Balaban J connectivity index is 0.00000676. The zero-order chi connectivity index (χ0) is 19.7. The van der Waals surface area contributed by atoms with Gasteiger partial charge in [-0.25, -0.2) is 0 Å². The third-order valence-corrected chi connectivity index (χ3v) is 3.89. The second-order valence-electron chi connectivity index (χ2n) is 5.70. The van der Waals surface area contributed by atoms with Gasteiger partial charge < -0.3 is 20.3 Å². The number of nitrogens with one attached hydrogen (secondary N) is 1. The third-order valence-electron chi connectivity index (χ3n) is 3.89. The second kappa shape index (κ2) is 11.2. The van der Waals surface area contributed by atoms with Crippen LogP contribution in [-0.2, 0) is 30.3 Å². The van der Waals surface area contributed by atoms with Gasteiger partial charge in [0.1, 0.15) is 5.84 Å². The van der Waals surface area contributed by atoms with Crippen molar-refractivity contribution in [1.82, 2.24) is 0 Å². The molecule has 27 heavy (non-hydrogen) atoms. The molecule has 0 aliphatic carbocycles. The standard InChI is InChI=1S/C18H24N2O6.ClH/c1-3-25-16(23)18(11-14(21)22,17(24)26-4-2)10-9-12-5-7-13(8-6-12)15(19)20;/h5-8H,3-4,9-11H2,1-2H3,(H3,19,20)(H,21,22);1H. The lowest BCUT2D eigenvalue weighted by Gasteiger charge is -2.27. The quantitative estimate of drug-likeness (QED) is 0.236. The van der Waals surface area contributed by atoms with Crippen LogP contribution >= 0.6 is 12.4 Å². The van der Waals surface area contributed by atoms with E-state index in [1.165, 1.54) is 0 Å². The van der Waals surface area contributed by atoms with Gasteiger partial charge in [0.15, 0.2) is 5.41 Å². The number of halogens is 1. The first-order valence-electron chi connectivity index (χ1n) is 8.26. The molecule has 9 heteroatoms. The Morgan fingerprint density at radius 1 is 1.07 bits per heavy atom. The van der Waals surface area contributed by atoms with Crippen LogP contribution in [-0.4, -0.2) is 42.1 Å². The number of carbonyl (C=O) groups is 3. The van der Waals surface area contributed by atoms with Gasteiger partial charge in [-0.05, 0) is 32.3 Å². The molecule has 1 aromatic carbocycles. The van der Waals surface area contributed by atoms with Crippen LogP contribution in [0.25, 0.3) is 0 Å². The van der Waals surface area contributed by atoms with Crippen LogP contribution in [0.1, 0.15) is 37.8 Å². The minimum atomic E-state index is -1.91. The van der Waals surface area contributed by atoms with E-state index in [-0.39, 0.29) is 44.3 Å². The number of carbonyl (C=O) groups excluding carboxylic acids is 2. The second-order valence-corrected chi connectivity index (χ2v) is 5.70. The number of hydrogen-bond acceptors (Lipinski definition) is 6. The average Bonchev–Trinajstić information content (AvgIpc) is 2.59. The summed E-state index contributed by atoms with van der Waals surface area (Å²) in [5.74, 6) is -3.17. The van der Waals surface area contributed by atoms with Gasteiger partial charge in [0.25, 0.3) is 0 Å². The zero-order valence-corrected chi connectivity index (χ0v) is 16.1. The summed E-state index contributed by atoms with van der Waals surface area (Å²) >= 11 is 0. The first kappa shape index (κ1) is 24.4. The SMILES string of the molecule is CCOC(=O)C(CCc1ccc(C(=N)N)cc1)(CC(=O)O)C(=O)OCC.Cl. The monoisotopic (exact) mass is 400 g/mol. The molecule has 150 valence electrons. The molecule has 0 aliphatic heterocycles. The van der Waals surface area contributed by atoms with E-state index in [0.717, 1.165) is 5.56 Å². The number of benzene rings is 1. The highest BCUT2D eigenvalue weighted by molar-refractivity contribution is 6.03. The Labute approximate surface area is 163 Å². The van der Waals surface area contributed by atoms with Gasteiger partial charge in [0, 0.05) is 5.56 Å². The van der Waals surface area contributed by atoms with Crippen molar-refractivity contribution in [2.45, 2.75) is 33.1 Å². The van der Waals surface area contributed by atoms with Crippen LogP contribution in [0, 0.1) is 10.8 Å². The minimum absolute atomic E-state index is 0. The van der Waals surface area contributed by atoms with E-state index in [9.17, 15) is 19.5 Å². The van der Waals surface area contributed by atoms with E-state index < -0.39 is 29.7 Å². The summed E-state index contributed by atoms with van der Waals surface area (Å²) in [6.07, 6.45) is -0.532. The van der Waals surface area contributed by atoms with E-state index >= 15 is 0 Å². The molecule has 0 fully saturated rings. The topological polar surface area (TPSA) is 140 Å². The molecular formula is C18H25ClN2O6. The molecule has 0 atom stereocenters. The summed E-state index contributed by atoms with van der Waals surface area (Å²) in [4.78, 5) is 36.2. The van der Waals surface area contributed by atoms with Crippen molar-refractivity contribution in [1.29, 1.82) is 5.41 Å². The summed E-state index contributed by atoms with van der Waals surface area (Å²) in [7, 11) is 0. The molecule has 0 radical (unpaired) electrons. The number of hydrogen-bond donors (Lipinski definition) is 3. The number of rotatable bonds is 10. The molecule has 8 nitrogen and oxygen atoms in total. The zero-order valence-electron chi connectivity index (χ0n) is 15.3. The van der Waals surface area contributed by atoms with E-state index in [0.29, 0.717) is 5.56 Å². The van der Waals surface area contributed by atoms with Crippen LogP contribution in [0.4, 0.5) is 0 Å². The lowest BCUT2D eigenvalue weighted by Crippen LogP contribution is -2.44. The molecule has 0 unspecified atom stereocenters. The fourth-order valence-electron chi connectivity index (χ4n) is 2.53. The minimum Gasteiger partial charge on any atom is -0.481 e. The van der Waals surface area contributed by atoms with Gasteiger partial charge >= 0.3 is 17.9 Å². The lowest BCUT2D eigenvalue weighted by molar-refractivity contribution is -0.176. The van der Waals surface area contributed by atoms with E-state index in [2.05, 4.69) is 0 Å². The van der Waals surface area contributed by atoms with Crippen molar-refractivity contribution in [2.24, 2.45) is 11.1 Å². The third kappa shape index (κ3) is 6.56. The summed E-state index contributed by atoms with van der Waals surface area (Å²) in [5, 5.41) is 16.6. The molecule has 1 aromatic rings. The molecule has 0 saturated heterocycles. The van der Waals surface area contributed by atoms with Crippen LogP contribution in [0.3, 0.4) is 0 Å². The Hall–Kier alpha value is -2.61. The van der Waals surface area contributed by atoms with Crippen molar-refractivity contribution < 1.29 is 29.0 Å². The molecule has 0 aromatic heterocycles. The maximum Gasteiger partial charge on any atom is 0.324 e. The van der Waals surface area contributed by atoms with Crippen LogP contribution in [0.2, 0.25) is 0 Å². The first-order valence-corrected chi connectivity index (χ1v) is 8.26. The Bertz CT molecular complexity index is 657. The average molecular weight is 401 g/mol. The fraction of sp³-hybridized carbons (Fsp3) is 0.444. The van der Waals surface area contributed by atoms with Crippen LogP contribution in [0.5, 0.6) is 0 Å². The molecule has 0 spiro atoms. The predicted octanol–water partition coefficient (Wildman–Crippen LogP) is 1.91. The van der Waals surface area contributed by atoms with E-state index in [1.54, 1.807) is 38.1 Å². The van der Waals surface area contributed by atoms with Gasteiger partial charge in [-0.15, -0.1) is 12.4 Å². The number of amidine groups is 1. The predicted molar refractivity (Wildman–Crippen MR) is 101 cm³/mol. The largest absolute Gasteiger partial charge is 0.481 e. The number of carboxylic acids is 1. The van der Waals surface area contributed by atoms with Gasteiger partial charge in [-0.2, -0.15) is 0 Å². The van der Waals surface area contributed by atoms with Gasteiger partial charge in [-0.1, -0.05) is 24.3 Å². The van der Waals surface area contributed by atoms with Gasteiger partial charge in [0.2, 0.25) is 0 Å². The van der Waals surface area contributed by atoms with Crippen molar-refractivity contribution in [3.05, 3.63) is 35.4 Å². The lowest BCUT2D eigenvalue weighted by atomic mass is 9.78. The Morgan fingerprint density at radius 2 is 1.56 bits per heavy atom. The highest BCUT2D eigenvalue weighted by Gasteiger charge is 2.50. The first-order chi connectivity index (χ1) is 12.3. The fourth-order valence-corrected chi connectivity index (χ4v) is 2.53. The number of carboxylic acid groups (broad SMARTS) is 1. The number of nitrogen functional groups attached to an aromatic ring is 1. The number of esters is 2. The molecule has 0 heterocycles. The summed E-state index contributed by atoms with van der Waals surface area (Å²) in [6, 6.07) is 6.70. The molecule has 0 bridgehead atoms. The number of aliphatic carboxylic acids is 1. The smallest absolute Gasteiger partial charge is 0.324 e. The maximum atomic E-state index is 12.5.